The number of methoxy groups -OCH3 is 1. The van der Waals surface area contributed by atoms with Crippen molar-refractivity contribution >= 4 is 5.71 Å². The molecule has 0 saturated heterocycles. The Morgan fingerprint density at radius 3 is 2.45 bits per heavy atom. The maximum Gasteiger partial charge on any atom is 0.270 e. The summed E-state index contributed by atoms with van der Waals surface area (Å²) < 4.78 is 28.9. The molecule has 1 heterocycles. The zero-order valence-electron chi connectivity index (χ0n) is 6.14. The van der Waals surface area contributed by atoms with Gasteiger partial charge in [-0.15, -0.1) is 5.43 Å². The molecular weight excluding hydrogens is 154 g/mol. The molecule has 0 amide bonds. The fraction of sp³-hybridized carbons (Fsp3) is 0.500. The molecule has 0 unspecified atom stereocenters. The van der Waals surface area contributed by atoms with Gasteiger partial charge in [0.1, 0.15) is 5.57 Å². The van der Waals surface area contributed by atoms with E-state index in [9.17, 15) is 8.78 Å². The summed E-state index contributed by atoms with van der Waals surface area (Å²) in [5, 5.41) is 3.45. The summed E-state index contributed by atoms with van der Waals surface area (Å²) in [6.45, 7) is 1.47. The van der Waals surface area contributed by atoms with E-state index < -0.39 is 6.43 Å². The number of rotatable bonds is 2. The Bertz CT molecular complexity index is 223. The van der Waals surface area contributed by atoms with Gasteiger partial charge in [-0.3, -0.25) is 0 Å². The normalized spacial score (nSPS) is 17.0. The second-order valence-electron chi connectivity index (χ2n) is 2.01. The average molecular weight is 161 g/mol. The van der Waals surface area contributed by atoms with Crippen molar-refractivity contribution in [3.63, 3.8) is 0 Å². The van der Waals surface area contributed by atoms with Crippen LogP contribution in [0, 0.1) is 0 Å². The first kappa shape index (κ1) is 7.97. The summed E-state index contributed by atoms with van der Waals surface area (Å²) in [6.07, 6.45) is -2.57. The van der Waals surface area contributed by atoms with E-state index in [0.29, 0.717) is 0 Å². The lowest BCUT2D eigenvalue weighted by atomic mass is 10.2. The van der Waals surface area contributed by atoms with Crippen LogP contribution in [0.3, 0.4) is 0 Å². The van der Waals surface area contributed by atoms with Crippen molar-refractivity contribution in [1.82, 2.24) is 5.43 Å². The third kappa shape index (κ3) is 1.31. The van der Waals surface area contributed by atoms with Crippen molar-refractivity contribution < 1.29 is 13.5 Å². The number of halogens is 2. The zero-order valence-corrected chi connectivity index (χ0v) is 6.14. The van der Waals surface area contributed by atoms with Gasteiger partial charge < -0.3 is 4.74 Å². The van der Waals surface area contributed by atoms with Crippen molar-refractivity contribution in [3.8, 4) is 0 Å². The van der Waals surface area contributed by atoms with Gasteiger partial charge in [0, 0.05) is 0 Å². The molecule has 0 saturated carbocycles. The molecule has 0 fully saturated rings. The average Bonchev–Trinajstić information content (AvgIpc) is 2.30. The summed E-state index contributed by atoms with van der Waals surface area (Å²) in [4.78, 5) is 0. The number of nitrogens with zero attached hydrogens (tertiary/aromatic N) is 2. The monoisotopic (exact) mass is 161 g/mol. The van der Waals surface area contributed by atoms with E-state index in [0.717, 1.165) is 0 Å². The van der Waals surface area contributed by atoms with Crippen LogP contribution in [-0.4, -0.2) is 19.2 Å². The molecule has 1 aliphatic heterocycles. The molecule has 0 aliphatic carbocycles. The minimum Gasteiger partial charge on any atom is -0.480 e. The minimum atomic E-state index is -2.57. The highest BCUT2D eigenvalue weighted by atomic mass is 19.3. The van der Waals surface area contributed by atoms with Gasteiger partial charge in [0.15, 0.2) is 0 Å². The highest BCUT2D eigenvalue weighted by Gasteiger charge is 2.26. The maximum absolute atomic E-state index is 12.1. The highest BCUT2D eigenvalue weighted by Crippen LogP contribution is 2.19. The Morgan fingerprint density at radius 2 is 2.09 bits per heavy atom. The molecule has 0 spiro atoms. The first-order valence-electron chi connectivity index (χ1n) is 2.98. The number of hydrogen-bond donors (Lipinski definition) is 0. The van der Waals surface area contributed by atoms with Crippen molar-refractivity contribution in [2.45, 2.75) is 13.3 Å². The molecule has 0 N–H and O–H groups in total. The fourth-order valence-corrected chi connectivity index (χ4v) is 0.785. The van der Waals surface area contributed by atoms with Crippen LogP contribution in [0.15, 0.2) is 16.6 Å². The molecule has 0 bridgehead atoms. The van der Waals surface area contributed by atoms with Crippen LogP contribution in [-0.2, 0) is 4.74 Å². The summed E-state index contributed by atoms with van der Waals surface area (Å²) in [5.41, 5.74) is 3.41. The van der Waals surface area contributed by atoms with Crippen LogP contribution in [0.5, 0.6) is 0 Å². The number of alkyl halides is 2. The molecule has 5 heteroatoms. The summed E-state index contributed by atoms with van der Waals surface area (Å²) >= 11 is 0. The van der Waals surface area contributed by atoms with Gasteiger partial charge in [0.05, 0.1) is 12.8 Å². The molecular formula is C6H7F2N2O. The molecule has 0 aromatic rings. The third-order valence-electron chi connectivity index (χ3n) is 1.32. The Labute approximate surface area is 62.7 Å². The van der Waals surface area contributed by atoms with E-state index >= 15 is 0 Å². The van der Waals surface area contributed by atoms with Crippen LogP contribution in [0.4, 0.5) is 8.78 Å². The number of hydrogen-bond acceptors (Lipinski definition) is 2. The second-order valence-corrected chi connectivity index (χ2v) is 2.01. The Kier molecular flexibility index (Phi) is 2.07. The maximum atomic E-state index is 12.1. The SMILES string of the molecule is COC1=C(C(F)F)C(C)=N[N]1. The zero-order chi connectivity index (χ0) is 8.43. The van der Waals surface area contributed by atoms with Crippen molar-refractivity contribution in [2.75, 3.05) is 7.11 Å². The van der Waals surface area contributed by atoms with E-state index in [1.165, 1.54) is 14.0 Å². The molecule has 0 aromatic heterocycles. The highest BCUT2D eigenvalue weighted by molar-refractivity contribution is 6.00. The Morgan fingerprint density at radius 1 is 1.45 bits per heavy atom. The number of allylic oxidation sites excluding steroid dienone is 1. The summed E-state index contributed by atoms with van der Waals surface area (Å²) in [7, 11) is 1.29. The molecule has 3 nitrogen and oxygen atoms in total. The van der Waals surface area contributed by atoms with Crippen molar-refractivity contribution in [3.05, 3.63) is 11.5 Å². The molecule has 0 aromatic carbocycles. The van der Waals surface area contributed by atoms with Crippen LogP contribution in [0.2, 0.25) is 0 Å². The lowest BCUT2D eigenvalue weighted by Crippen LogP contribution is -2.07. The third-order valence-corrected chi connectivity index (χ3v) is 1.32. The van der Waals surface area contributed by atoms with E-state index in [-0.39, 0.29) is 17.2 Å². The van der Waals surface area contributed by atoms with Gasteiger partial charge in [-0.25, -0.2) is 8.78 Å². The first-order valence-corrected chi connectivity index (χ1v) is 2.98. The molecule has 1 aliphatic rings. The lowest BCUT2D eigenvalue weighted by Gasteiger charge is -2.01. The second kappa shape index (κ2) is 2.86. The summed E-state index contributed by atoms with van der Waals surface area (Å²) in [6, 6.07) is 0. The van der Waals surface area contributed by atoms with E-state index in [1.807, 2.05) is 0 Å². The minimum absolute atomic E-state index is 0.0856. The largest absolute Gasteiger partial charge is 0.480 e. The van der Waals surface area contributed by atoms with Crippen LogP contribution in [0.25, 0.3) is 0 Å². The predicted octanol–water partition coefficient (Wildman–Crippen LogP) is 1.10. The summed E-state index contributed by atoms with van der Waals surface area (Å²) in [5.74, 6) is -0.0856. The lowest BCUT2D eigenvalue weighted by molar-refractivity contribution is 0.180. The van der Waals surface area contributed by atoms with Gasteiger partial charge in [0.2, 0.25) is 5.88 Å². The van der Waals surface area contributed by atoms with Crippen LogP contribution < -0.4 is 5.43 Å². The molecule has 1 radical (unpaired) electrons. The number of ether oxygens (including phenoxy) is 1. The van der Waals surface area contributed by atoms with Crippen LogP contribution in [0.1, 0.15) is 6.92 Å². The predicted molar refractivity (Wildman–Crippen MR) is 35.3 cm³/mol. The van der Waals surface area contributed by atoms with Gasteiger partial charge in [-0.1, -0.05) is 0 Å². The molecule has 61 valence electrons. The standard InChI is InChI=1S/C6H7F2N2O/c1-3-4(5(7)8)6(11-2)10-9-3/h5H,1-2H3. The quantitative estimate of drug-likeness (QED) is 0.597. The van der Waals surface area contributed by atoms with Crippen molar-refractivity contribution in [1.29, 1.82) is 0 Å². The van der Waals surface area contributed by atoms with Crippen molar-refractivity contribution in [2.24, 2.45) is 5.10 Å². The van der Waals surface area contributed by atoms with Gasteiger partial charge in [-0.2, -0.15) is 5.10 Å². The smallest absolute Gasteiger partial charge is 0.270 e. The molecule has 0 atom stereocenters. The van der Waals surface area contributed by atoms with E-state index in [4.69, 9.17) is 0 Å². The Hall–Kier alpha value is -1.13. The Balaban J connectivity index is 2.90. The fourth-order valence-electron chi connectivity index (χ4n) is 0.785. The van der Waals surface area contributed by atoms with Gasteiger partial charge in [0.25, 0.3) is 6.43 Å². The molecule has 11 heavy (non-hydrogen) atoms. The topological polar surface area (TPSA) is 35.7 Å². The first-order chi connectivity index (χ1) is 5.16. The van der Waals surface area contributed by atoms with Gasteiger partial charge >= 0.3 is 0 Å². The van der Waals surface area contributed by atoms with E-state index in [2.05, 4.69) is 15.3 Å². The van der Waals surface area contributed by atoms with Gasteiger partial charge in [-0.05, 0) is 6.92 Å². The van der Waals surface area contributed by atoms with Crippen LogP contribution >= 0.6 is 0 Å². The molecule has 1 rings (SSSR count). The van der Waals surface area contributed by atoms with E-state index in [1.54, 1.807) is 0 Å².